The fourth-order valence-corrected chi connectivity index (χ4v) is 3.55. The van der Waals surface area contributed by atoms with Gasteiger partial charge in [0.15, 0.2) is 0 Å². The van der Waals surface area contributed by atoms with Crippen molar-refractivity contribution in [2.24, 2.45) is 0 Å². The zero-order valence-corrected chi connectivity index (χ0v) is 16.3. The zero-order valence-electron chi connectivity index (χ0n) is 16.3. The van der Waals surface area contributed by atoms with E-state index >= 15 is 0 Å². The summed E-state index contributed by atoms with van der Waals surface area (Å²) in [5.41, 5.74) is 9.10. The van der Waals surface area contributed by atoms with Crippen LogP contribution in [0.15, 0.2) is 36.4 Å². The summed E-state index contributed by atoms with van der Waals surface area (Å²) in [6.07, 6.45) is 0.859. The number of benzene rings is 3. The van der Waals surface area contributed by atoms with Crippen molar-refractivity contribution < 1.29 is 15.0 Å². The van der Waals surface area contributed by atoms with Gasteiger partial charge >= 0.3 is 0 Å². The predicted octanol–water partition coefficient (Wildman–Crippen LogP) is 5.79. The van der Waals surface area contributed by atoms with Crippen LogP contribution in [0.2, 0.25) is 0 Å². The summed E-state index contributed by atoms with van der Waals surface area (Å²) in [7, 11) is 0. The highest BCUT2D eigenvalue weighted by Crippen LogP contribution is 2.38. The minimum absolute atomic E-state index is 0.269. The third-order valence-corrected chi connectivity index (χ3v) is 5.23. The molecule has 0 aromatic heterocycles. The third-order valence-electron chi connectivity index (χ3n) is 5.23. The van der Waals surface area contributed by atoms with Crippen LogP contribution in [0.4, 0.5) is 0 Å². The van der Waals surface area contributed by atoms with Crippen LogP contribution in [-0.4, -0.2) is 16.5 Å². The topological polar surface area (TPSA) is 57.5 Å². The average molecular weight is 360 g/mol. The maximum absolute atomic E-state index is 11.6. The van der Waals surface area contributed by atoms with Gasteiger partial charge in [0, 0.05) is 5.56 Å². The standard InChI is InChI=1S/C24H24O3/c1-13-8-23(26)15(3)6-19(13)21-10-18(12-25)11-22(17(21)5)20-7-16(4)24(27)9-14(20)2/h6-12,26-27H,1-5H3. The molecular formula is C24H24O3. The molecule has 0 bridgehead atoms. The van der Waals surface area contributed by atoms with Crippen LogP contribution >= 0.6 is 0 Å². The van der Waals surface area contributed by atoms with Gasteiger partial charge in [-0.1, -0.05) is 0 Å². The molecule has 0 heterocycles. The summed E-state index contributed by atoms with van der Waals surface area (Å²) < 4.78 is 0. The van der Waals surface area contributed by atoms with E-state index in [1.165, 1.54) is 0 Å². The van der Waals surface area contributed by atoms with Crippen molar-refractivity contribution in [2.75, 3.05) is 0 Å². The molecule has 0 atom stereocenters. The summed E-state index contributed by atoms with van der Waals surface area (Å²) >= 11 is 0. The summed E-state index contributed by atoms with van der Waals surface area (Å²) in [6, 6.07) is 11.2. The van der Waals surface area contributed by atoms with Gasteiger partial charge in [0.05, 0.1) is 0 Å². The number of carbonyl (C=O) groups excluding carboxylic acids is 1. The molecule has 0 aliphatic carbocycles. The SMILES string of the molecule is Cc1cc(-c2cc(C=O)cc(-c3cc(C)c(O)cc3C)c2C)c(C)cc1O. The average Bonchev–Trinajstić information content (AvgIpc) is 2.62. The van der Waals surface area contributed by atoms with Gasteiger partial charge in [0.25, 0.3) is 0 Å². The zero-order chi connectivity index (χ0) is 19.9. The molecule has 0 unspecified atom stereocenters. The van der Waals surface area contributed by atoms with E-state index in [9.17, 15) is 15.0 Å². The van der Waals surface area contributed by atoms with Crippen LogP contribution in [-0.2, 0) is 0 Å². The van der Waals surface area contributed by atoms with Gasteiger partial charge in [0.2, 0.25) is 0 Å². The van der Waals surface area contributed by atoms with E-state index in [1.54, 1.807) is 12.1 Å². The van der Waals surface area contributed by atoms with Crippen LogP contribution in [0.5, 0.6) is 11.5 Å². The minimum Gasteiger partial charge on any atom is -0.508 e. The van der Waals surface area contributed by atoms with Gasteiger partial charge in [0.1, 0.15) is 17.8 Å². The smallest absolute Gasteiger partial charge is 0.150 e. The summed E-state index contributed by atoms with van der Waals surface area (Å²) in [5.74, 6) is 0.538. The van der Waals surface area contributed by atoms with Crippen LogP contribution in [0.3, 0.4) is 0 Å². The lowest BCUT2D eigenvalue weighted by molar-refractivity contribution is 0.112. The highest BCUT2D eigenvalue weighted by molar-refractivity contribution is 5.88. The number of hydrogen-bond donors (Lipinski definition) is 2. The Morgan fingerprint density at radius 2 is 1.00 bits per heavy atom. The van der Waals surface area contributed by atoms with Crippen LogP contribution in [0.1, 0.15) is 38.2 Å². The van der Waals surface area contributed by atoms with E-state index in [2.05, 4.69) is 0 Å². The monoisotopic (exact) mass is 360 g/mol. The lowest BCUT2D eigenvalue weighted by atomic mass is 9.86. The van der Waals surface area contributed by atoms with Crippen molar-refractivity contribution in [3.05, 3.63) is 69.8 Å². The Hall–Kier alpha value is -3.07. The maximum atomic E-state index is 11.6. The van der Waals surface area contributed by atoms with Gasteiger partial charge in [-0.2, -0.15) is 0 Å². The number of carbonyl (C=O) groups is 1. The number of phenolic OH excluding ortho intramolecular Hbond substituents is 2. The Balaban J connectivity index is 2.34. The number of hydrogen-bond acceptors (Lipinski definition) is 3. The van der Waals surface area contributed by atoms with E-state index in [4.69, 9.17) is 0 Å². The van der Waals surface area contributed by atoms with Crippen molar-refractivity contribution >= 4 is 6.29 Å². The largest absolute Gasteiger partial charge is 0.508 e. The predicted molar refractivity (Wildman–Crippen MR) is 110 cm³/mol. The highest BCUT2D eigenvalue weighted by atomic mass is 16.3. The molecule has 0 fully saturated rings. The Bertz CT molecular complexity index is 983. The van der Waals surface area contributed by atoms with Crippen molar-refractivity contribution in [1.29, 1.82) is 0 Å². The van der Waals surface area contributed by atoms with Crippen LogP contribution in [0.25, 0.3) is 22.3 Å². The van der Waals surface area contributed by atoms with E-state index in [1.807, 2.05) is 58.9 Å². The highest BCUT2D eigenvalue weighted by Gasteiger charge is 2.16. The Labute approximate surface area is 159 Å². The fraction of sp³-hybridized carbons (Fsp3) is 0.208. The van der Waals surface area contributed by atoms with E-state index in [0.717, 1.165) is 56.4 Å². The maximum Gasteiger partial charge on any atom is 0.150 e. The first-order valence-electron chi connectivity index (χ1n) is 8.94. The minimum atomic E-state index is 0.269. The molecule has 2 N–H and O–H groups in total. The second-order valence-electron chi connectivity index (χ2n) is 7.27. The molecule has 3 aromatic rings. The van der Waals surface area contributed by atoms with Gasteiger partial charge in [-0.3, -0.25) is 4.79 Å². The van der Waals surface area contributed by atoms with Gasteiger partial charge in [-0.25, -0.2) is 0 Å². The van der Waals surface area contributed by atoms with Gasteiger partial charge in [-0.15, -0.1) is 0 Å². The molecule has 3 nitrogen and oxygen atoms in total. The first-order chi connectivity index (χ1) is 12.7. The van der Waals surface area contributed by atoms with Gasteiger partial charge in [-0.05, 0) is 121 Å². The Morgan fingerprint density at radius 3 is 1.37 bits per heavy atom. The molecule has 138 valence electrons. The molecule has 3 rings (SSSR count). The lowest BCUT2D eigenvalue weighted by Gasteiger charge is -2.18. The van der Waals surface area contributed by atoms with E-state index in [0.29, 0.717) is 5.56 Å². The molecule has 0 amide bonds. The van der Waals surface area contributed by atoms with Crippen LogP contribution < -0.4 is 0 Å². The number of aryl methyl sites for hydroxylation is 4. The molecule has 27 heavy (non-hydrogen) atoms. The molecular weight excluding hydrogens is 336 g/mol. The number of rotatable bonds is 3. The molecule has 0 saturated heterocycles. The van der Waals surface area contributed by atoms with Crippen molar-refractivity contribution in [2.45, 2.75) is 34.6 Å². The van der Waals surface area contributed by atoms with Crippen molar-refractivity contribution in [3.63, 3.8) is 0 Å². The third kappa shape index (κ3) is 3.33. The molecule has 0 saturated carbocycles. The van der Waals surface area contributed by atoms with Crippen LogP contribution in [0, 0.1) is 34.6 Å². The summed E-state index contributed by atoms with van der Waals surface area (Å²) in [6.45, 7) is 9.69. The van der Waals surface area contributed by atoms with Crippen molar-refractivity contribution in [3.8, 4) is 33.8 Å². The molecule has 0 spiro atoms. The van der Waals surface area contributed by atoms with Crippen molar-refractivity contribution in [1.82, 2.24) is 0 Å². The second kappa shape index (κ2) is 6.92. The number of aldehydes is 1. The molecule has 0 radical (unpaired) electrons. The first kappa shape index (κ1) is 18.7. The molecule has 3 heteroatoms. The molecule has 0 aliphatic heterocycles. The van der Waals surface area contributed by atoms with E-state index < -0.39 is 0 Å². The quantitative estimate of drug-likeness (QED) is 0.582. The fourth-order valence-electron chi connectivity index (χ4n) is 3.55. The number of phenols is 2. The molecule has 3 aromatic carbocycles. The second-order valence-corrected chi connectivity index (χ2v) is 7.27. The van der Waals surface area contributed by atoms with Gasteiger partial charge < -0.3 is 10.2 Å². The first-order valence-corrected chi connectivity index (χ1v) is 8.94. The summed E-state index contributed by atoms with van der Waals surface area (Å²) in [5, 5.41) is 20.0. The normalized spacial score (nSPS) is 10.9. The Kier molecular flexibility index (Phi) is 4.79. The Morgan fingerprint density at radius 1 is 0.593 bits per heavy atom. The number of aromatic hydroxyl groups is 2. The lowest BCUT2D eigenvalue weighted by Crippen LogP contribution is -1.96. The van der Waals surface area contributed by atoms with E-state index in [-0.39, 0.29) is 11.5 Å². The summed E-state index contributed by atoms with van der Waals surface area (Å²) in [4.78, 5) is 11.6. The molecule has 0 aliphatic rings.